The number of rotatable bonds is 7. The lowest BCUT2D eigenvalue weighted by Gasteiger charge is -2.14. The maximum atomic E-state index is 11.9. The zero-order valence-corrected chi connectivity index (χ0v) is 15.6. The Kier molecular flexibility index (Phi) is 6.89. The van der Waals surface area contributed by atoms with Gasteiger partial charge in [0.25, 0.3) is 5.91 Å². The number of hydrogen-bond acceptors (Lipinski definition) is 6. The highest BCUT2D eigenvalue weighted by Gasteiger charge is 2.15. The lowest BCUT2D eigenvalue weighted by molar-refractivity contribution is -0.124. The Morgan fingerprint density at radius 2 is 2.04 bits per heavy atom. The molecule has 2 aromatic rings. The van der Waals surface area contributed by atoms with Crippen molar-refractivity contribution in [1.82, 2.24) is 10.3 Å². The topological polar surface area (TPSA) is 77.5 Å². The number of ether oxygens (including phenoxy) is 2. The Bertz CT molecular complexity index is 702. The van der Waals surface area contributed by atoms with Gasteiger partial charge in [0.2, 0.25) is 0 Å². The predicted molar refractivity (Wildman–Crippen MR) is 93.8 cm³/mol. The smallest absolute Gasteiger partial charge is 0.358 e. The lowest BCUT2D eigenvalue weighted by Crippen LogP contribution is -2.31. The number of halogens is 1. The third-order valence-corrected chi connectivity index (χ3v) is 4.46. The third-order valence-electron chi connectivity index (χ3n) is 3.11. The molecule has 0 saturated heterocycles. The van der Waals surface area contributed by atoms with Gasteiger partial charge in [-0.1, -0.05) is 28.1 Å². The van der Waals surface area contributed by atoms with Crippen LogP contribution in [0.2, 0.25) is 0 Å². The molecule has 1 heterocycles. The summed E-state index contributed by atoms with van der Waals surface area (Å²) in [6.07, 6.45) is 0. The molecule has 1 atom stereocenters. The van der Waals surface area contributed by atoms with Crippen LogP contribution in [-0.4, -0.2) is 30.6 Å². The van der Waals surface area contributed by atoms with Crippen molar-refractivity contribution in [1.29, 1.82) is 0 Å². The first-order valence-corrected chi connectivity index (χ1v) is 8.82. The Balaban J connectivity index is 1.81. The van der Waals surface area contributed by atoms with Crippen LogP contribution in [-0.2, 0) is 20.9 Å². The van der Waals surface area contributed by atoms with Crippen molar-refractivity contribution in [3.63, 3.8) is 0 Å². The summed E-state index contributed by atoms with van der Waals surface area (Å²) in [4.78, 5) is 27.8. The van der Waals surface area contributed by atoms with E-state index in [1.165, 1.54) is 11.3 Å². The minimum atomic E-state index is -0.625. The fourth-order valence-corrected chi connectivity index (χ4v) is 2.92. The minimum Gasteiger partial charge on any atom is -0.451 e. The van der Waals surface area contributed by atoms with Crippen molar-refractivity contribution in [3.05, 3.63) is 50.4 Å². The van der Waals surface area contributed by atoms with Crippen LogP contribution < -0.4 is 5.32 Å². The number of aromatic nitrogens is 1. The Labute approximate surface area is 152 Å². The number of nitrogens with zero attached hydrogens (tertiary/aromatic N) is 1. The molecule has 0 saturated carbocycles. The van der Waals surface area contributed by atoms with Crippen LogP contribution in [0.25, 0.3) is 0 Å². The highest BCUT2D eigenvalue weighted by atomic mass is 79.9. The van der Waals surface area contributed by atoms with Gasteiger partial charge < -0.3 is 14.8 Å². The van der Waals surface area contributed by atoms with Gasteiger partial charge in [-0.3, -0.25) is 4.79 Å². The molecule has 0 aliphatic heterocycles. The van der Waals surface area contributed by atoms with Gasteiger partial charge in [0.05, 0.1) is 12.6 Å². The largest absolute Gasteiger partial charge is 0.451 e. The van der Waals surface area contributed by atoms with E-state index in [1.807, 2.05) is 31.2 Å². The van der Waals surface area contributed by atoms with Gasteiger partial charge in [0, 0.05) is 17.0 Å². The van der Waals surface area contributed by atoms with Crippen molar-refractivity contribution in [2.75, 3.05) is 13.7 Å². The monoisotopic (exact) mass is 412 g/mol. The Morgan fingerprint density at radius 3 is 2.71 bits per heavy atom. The number of thiazole rings is 1. The number of methoxy groups -OCH3 is 1. The van der Waals surface area contributed by atoms with Crippen molar-refractivity contribution in [3.8, 4) is 0 Å². The van der Waals surface area contributed by atoms with E-state index in [2.05, 4.69) is 26.2 Å². The molecule has 1 N–H and O–H groups in total. The van der Waals surface area contributed by atoms with Crippen LogP contribution in [0.4, 0.5) is 0 Å². The van der Waals surface area contributed by atoms with Crippen LogP contribution in [0, 0.1) is 0 Å². The maximum Gasteiger partial charge on any atom is 0.358 e. The SMILES string of the molecule is COCc1nc(C(=O)OCC(=O)NC(C)c2ccc(Br)cc2)cs1. The number of carbonyl (C=O) groups is 2. The predicted octanol–water partition coefficient (Wildman–Crippen LogP) is 3.09. The molecule has 1 unspecified atom stereocenters. The first-order chi connectivity index (χ1) is 11.5. The van der Waals surface area contributed by atoms with E-state index in [9.17, 15) is 9.59 Å². The average molecular weight is 413 g/mol. The second kappa shape index (κ2) is 8.91. The van der Waals surface area contributed by atoms with Crippen molar-refractivity contribution in [2.24, 2.45) is 0 Å². The zero-order chi connectivity index (χ0) is 17.5. The second-order valence-electron chi connectivity index (χ2n) is 4.98. The third kappa shape index (κ3) is 5.40. The van der Waals surface area contributed by atoms with E-state index in [1.54, 1.807) is 12.5 Å². The quantitative estimate of drug-likeness (QED) is 0.706. The summed E-state index contributed by atoms with van der Waals surface area (Å²) in [6, 6.07) is 7.44. The molecule has 0 aliphatic carbocycles. The molecule has 6 nitrogen and oxygen atoms in total. The van der Waals surface area contributed by atoms with Crippen LogP contribution >= 0.6 is 27.3 Å². The molecule has 1 aromatic heterocycles. The van der Waals surface area contributed by atoms with E-state index in [0.29, 0.717) is 11.6 Å². The molecule has 1 amide bonds. The number of nitrogens with one attached hydrogen (secondary N) is 1. The molecule has 2 rings (SSSR count). The molecule has 0 fully saturated rings. The highest BCUT2D eigenvalue weighted by Crippen LogP contribution is 2.16. The lowest BCUT2D eigenvalue weighted by atomic mass is 10.1. The molecule has 8 heteroatoms. The summed E-state index contributed by atoms with van der Waals surface area (Å²) in [5, 5.41) is 5.04. The highest BCUT2D eigenvalue weighted by molar-refractivity contribution is 9.10. The van der Waals surface area contributed by atoms with E-state index < -0.39 is 5.97 Å². The van der Waals surface area contributed by atoms with Crippen LogP contribution in [0.5, 0.6) is 0 Å². The van der Waals surface area contributed by atoms with Gasteiger partial charge in [0.1, 0.15) is 5.01 Å². The molecule has 0 aliphatic rings. The van der Waals surface area contributed by atoms with Gasteiger partial charge in [0.15, 0.2) is 12.3 Å². The van der Waals surface area contributed by atoms with E-state index in [0.717, 1.165) is 10.0 Å². The summed E-state index contributed by atoms with van der Waals surface area (Å²) >= 11 is 4.67. The minimum absolute atomic E-state index is 0.181. The first kappa shape index (κ1) is 18.6. The van der Waals surface area contributed by atoms with Gasteiger partial charge in [-0.05, 0) is 24.6 Å². The van der Waals surface area contributed by atoms with Gasteiger partial charge in [-0.2, -0.15) is 0 Å². The Hall–Kier alpha value is -1.77. The van der Waals surface area contributed by atoms with E-state index in [-0.39, 0.29) is 24.2 Å². The van der Waals surface area contributed by atoms with Crippen molar-refractivity contribution in [2.45, 2.75) is 19.6 Å². The maximum absolute atomic E-state index is 11.9. The molecule has 1 aromatic carbocycles. The molecule has 0 spiro atoms. The Morgan fingerprint density at radius 1 is 1.33 bits per heavy atom. The zero-order valence-electron chi connectivity index (χ0n) is 13.2. The summed E-state index contributed by atoms with van der Waals surface area (Å²) < 4.78 is 10.9. The first-order valence-electron chi connectivity index (χ1n) is 7.15. The van der Waals surface area contributed by atoms with Crippen molar-refractivity contribution < 1.29 is 19.1 Å². The summed E-state index contributed by atoms with van der Waals surface area (Å²) in [7, 11) is 1.55. The standard InChI is InChI=1S/C16H17BrN2O4S/c1-10(11-3-5-12(17)6-4-11)18-14(20)7-23-16(21)13-9-24-15(19-13)8-22-2/h3-6,9-10H,7-8H2,1-2H3,(H,18,20). The number of esters is 1. The molecule has 0 bridgehead atoms. The average Bonchev–Trinajstić information content (AvgIpc) is 3.02. The summed E-state index contributed by atoms with van der Waals surface area (Å²) in [5.41, 5.74) is 1.14. The van der Waals surface area contributed by atoms with Crippen LogP contribution in [0.1, 0.15) is 34.0 Å². The number of hydrogen-bond donors (Lipinski definition) is 1. The van der Waals surface area contributed by atoms with Gasteiger partial charge in [-0.15, -0.1) is 11.3 Å². The van der Waals surface area contributed by atoms with E-state index in [4.69, 9.17) is 9.47 Å². The number of carbonyl (C=O) groups excluding carboxylic acids is 2. The normalized spacial score (nSPS) is 11.8. The van der Waals surface area contributed by atoms with Gasteiger partial charge in [-0.25, -0.2) is 9.78 Å². The molecule has 128 valence electrons. The van der Waals surface area contributed by atoms with Crippen LogP contribution in [0.3, 0.4) is 0 Å². The molecular weight excluding hydrogens is 396 g/mol. The fourth-order valence-electron chi connectivity index (χ4n) is 1.92. The summed E-state index contributed by atoms with van der Waals surface area (Å²) in [5.74, 6) is -0.994. The fraction of sp³-hybridized carbons (Fsp3) is 0.312. The number of amides is 1. The number of benzene rings is 1. The van der Waals surface area contributed by atoms with Crippen molar-refractivity contribution >= 4 is 39.1 Å². The van der Waals surface area contributed by atoms with Gasteiger partial charge >= 0.3 is 5.97 Å². The van der Waals surface area contributed by atoms with Crippen LogP contribution in [0.15, 0.2) is 34.1 Å². The molecule has 0 radical (unpaired) electrons. The molecule has 24 heavy (non-hydrogen) atoms. The van der Waals surface area contributed by atoms with E-state index >= 15 is 0 Å². The molecular formula is C16H17BrN2O4S. The summed E-state index contributed by atoms with van der Waals surface area (Å²) in [6.45, 7) is 1.85. The second-order valence-corrected chi connectivity index (χ2v) is 6.83.